The molecule has 0 atom stereocenters. The van der Waals surface area contributed by atoms with Gasteiger partial charge in [-0.25, -0.2) is 0 Å². The second kappa shape index (κ2) is 6.69. The summed E-state index contributed by atoms with van der Waals surface area (Å²) in [6.07, 6.45) is 11.2. The van der Waals surface area contributed by atoms with E-state index < -0.39 is 0 Å². The van der Waals surface area contributed by atoms with Gasteiger partial charge in [0.05, 0.1) is 12.3 Å². The largest absolute Gasteiger partial charge is 0.304 e. The van der Waals surface area contributed by atoms with E-state index in [0.717, 1.165) is 50.5 Å². The topological polar surface area (TPSA) is 28.1 Å². The molecule has 0 unspecified atom stereocenters. The lowest BCUT2D eigenvalue weighted by Crippen LogP contribution is -2.49. The molecule has 0 radical (unpaired) electrons. The average molecular weight is 329 g/mol. The Hall–Kier alpha value is -1.05. The summed E-state index contributed by atoms with van der Waals surface area (Å²) in [7, 11) is 2.17. The van der Waals surface area contributed by atoms with Gasteiger partial charge in [-0.2, -0.15) is 0 Å². The Kier molecular flexibility index (Phi) is 4.58. The molecular weight excluding hydrogens is 298 g/mol. The molecule has 4 bridgehead atoms. The Bertz CT molecular complexity index is 516. The first kappa shape index (κ1) is 16.4. The Balaban J connectivity index is 1.29. The molecule has 0 N–H and O–H groups in total. The van der Waals surface area contributed by atoms with Crippen molar-refractivity contribution < 1.29 is 4.84 Å². The van der Waals surface area contributed by atoms with Gasteiger partial charge in [-0.05, 0) is 76.2 Å². The Morgan fingerprint density at radius 2 is 1.62 bits per heavy atom. The highest BCUT2D eigenvalue weighted by Crippen LogP contribution is 2.60. The highest BCUT2D eigenvalue weighted by molar-refractivity contribution is 5.88. The Labute approximate surface area is 146 Å². The zero-order chi connectivity index (χ0) is 16.6. The van der Waals surface area contributed by atoms with Gasteiger partial charge in [0.25, 0.3) is 0 Å². The fourth-order valence-corrected chi connectivity index (χ4v) is 5.92. The number of nitrogens with zero attached hydrogens (tertiary/aromatic N) is 3. The van der Waals surface area contributed by atoms with Crippen LogP contribution < -0.4 is 0 Å². The zero-order valence-corrected chi connectivity index (χ0v) is 15.3. The van der Waals surface area contributed by atoms with Crippen molar-refractivity contribution in [1.82, 2.24) is 9.80 Å². The fourth-order valence-electron chi connectivity index (χ4n) is 5.92. The van der Waals surface area contributed by atoms with Gasteiger partial charge in [0, 0.05) is 31.6 Å². The van der Waals surface area contributed by atoms with Gasteiger partial charge in [0.15, 0.2) is 0 Å². The highest BCUT2D eigenvalue weighted by Gasteiger charge is 2.52. The molecule has 0 aromatic carbocycles. The van der Waals surface area contributed by atoms with Gasteiger partial charge in [-0.3, -0.25) is 4.90 Å². The minimum absolute atomic E-state index is 0.341. The maximum Gasteiger partial charge on any atom is 0.150 e. The molecule has 0 amide bonds. The van der Waals surface area contributed by atoms with Crippen molar-refractivity contribution in [3.8, 4) is 12.0 Å². The monoisotopic (exact) mass is 329 g/mol. The summed E-state index contributed by atoms with van der Waals surface area (Å²) in [5, 5.41) is 4.43. The van der Waals surface area contributed by atoms with Crippen LogP contribution in [0.4, 0.5) is 0 Å². The predicted octanol–water partition coefficient (Wildman–Crippen LogP) is 2.80. The number of likely N-dealkylation sites (N-methyl/N-ethyl adjacent to an activating group) is 1. The van der Waals surface area contributed by atoms with Crippen molar-refractivity contribution in [3.05, 3.63) is 0 Å². The van der Waals surface area contributed by atoms with Crippen molar-refractivity contribution in [3.63, 3.8) is 0 Å². The second-order valence-corrected chi connectivity index (χ2v) is 8.82. The number of hydrogen-bond acceptors (Lipinski definition) is 4. The van der Waals surface area contributed by atoms with E-state index in [4.69, 9.17) is 4.84 Å². The maximum atomic E-state index is 5.39. The molecule has 1 heterocycles. The van der Waals surface area contributed by atoms with Gasteiger partial charge in [-0.15, -0.1) is 0 Å². The average Bonchev–Trinajstić information content (AvgIpc) is 2.55. The van der Waals surface area contributed by atoms with E-state index in [1.165, 1.54) is 44.2 Å². The molecule has 5 rings (SSSR count). The minimum Gasteiger partial charge on any atom is -0.304 e. The molecule has 1 saturated heterocycles. The molecule has 5 fully saturated rings. The van der Waals surface area contributed by atoms with Gasteiger partial charge < -0.3 is 9.74 Å². The molecule has 0 aromatic rings. The smallest absolute Gasteiger partial charge is 0.150 e. The van der Waals surface area contributed by atoms with Crippen LogP contribution in [0, 0.1) is 35.2 Å². The standard InChI is InChI=1S/C20H31N3O/c1-16(20-13-17-10-18(14-20)12-19(11-17)15-20)21-24-9-3-4-23-7-5-22(2)6-8-23/h17-19H,4-8,10-15H2,1-2H3/b21-16+. The Morgan fingerprint density at radius 1 is 1.04 bits per heavy atom. The zero-order valence-electron chi connectivity index (χ0n) is 15.3. The van der Waals surface area contributed by atoms with Crippen LogP contribution in [0.1, 0.15) is 45.4 Å². The van der Waals surface area contributed by atoms with E-state index >= 15 is 0 Å². The van der Waals surface area contributed by atoms with Crippen LogP contribution in [0.15, 0.2) is 5.16 Å². The third-order valence-electron chi connectivity index (χ3n) is 7.00. The lowest BCUT2D eigenvalue weighted by Gasteiger charge is -2.56. The molecule has 0 aromatic heterocycles. The van der Waals surface area contributed by atoms with Crippen LogP contribution >= 0.6 is 0 Å². The molecule has 132 valence electrons. The van der Waals surface area contributed by atoms with E-state index in [-0.39, 0.29) is 0 Å². The predicted molar refractivity (Wildman–Crippen MR) is 96.5 cm³/mol. The third kappa shape index (κ3) is 3.34. The first-order valence-electron chi connectivity index (χ1n) is 9.73. The van der Waals surface area contributed by atoms with Gasteiger partial charge in [-0.1, -0.05) is 5.16 Å². The Morgan fingerprint density at radius 3 is 2.21 bits per heavy atom. The molecule has 0 spiro atoms. The van der Waals surface area contributed by atoms with Crippen LogP contribution in [0.25, 0.3) is 0 Å². The van der Waals surface area contributed by atoms with E-state index in [1.807, 2.05) is 0 Å². The second-order valence-electron chi connectivity index (χ2n) is 8.82. The molecular formula is C20H31N3O. The van der Waals surface area contributed by atoms with Crippen molar-refractivity contribution >= 4 is 5.71 Å². The lowest BCUT2D eigenvalue weighted by atomic mass is 9.48. The van der Waals surface area contributed by atoms with Crippen molar-refractivity contribution in [2.75, 3.05) is 39.8 Å². The van der Waals surface area contributed by atoms with Crippen LogP contribution in [0.3, 0.4) is 0 Å². The van der Waals surface area contributed by atoms with E-state index in [9.17, 15) is 0 Å². The van der Waals surface area contributed by atoms with Gasteiger partial charge >= 0.3 is 0 Å². The molecule has 4 saturated carbocycles. The summed E-state index contributed by atoms with van der Waals surface area (Å²) in [5.74, 6) is 5.97. The summed E-state index contributed by atoms with van der Waals surface area (Å²) in [4.78, 5) is 10.1. The highest BCUT2D eigenvalue weighted by atomic mass is 16.6. The lowest BCUT2D eigenvalue weighted by molar-refractivity contribution is -0.0140. The summed E-state index contributed by atoms with van der Waals surface area (Å²) >= 11 is 0. The first-order chi connectivity index (χ1) is 11.6. The first-order valence-corrected chi connectivity index (χ1v) is 9.73. The van der Waals surface area contributed by atoms with Crippen LogP contribution in [0.2, 0.25) is 0 Å². The van der Waals surface area contributed by atoms with Crippen LogP contribution in [-0.4, -0.2) is 55.3 Å². The van der Waals surface area contributed by atoms with Gasteiger partial charge in [0.1, 0.15) is 6.11 Å². The summed E-state index contributed by atoms with van der Waals surface area (Å²) in [6.45, 7) is 7.42. The minimum atomic E-state index is 0.341. The molecule has 1 aliphatic heterocycles. The number of rotatable bonds is 3. The number of piperazine rings is 1. The third-order valence-corrected chi connectivity index (χ3v) is 7.00. The van der Waals surface area contributed by atoms with Crippen LogP contribution in [-0.2, 0) is 4.84 Å². The van der Waals surface area contributed by atoms with Crippen molar-refractivity contribution in [2.24, 2.45) is 28.3 Å². The molecule has 4 aliphatic carbocycles. The van der Waals surface area contributed by atoms with Crippen molar-refractivity contribution in [2.45, 2.75) is 45.4 Å². The van der Waals surface area contributed by atoms with E-state index in [1.54, 1.807) is 0 Å². The van der Waals surface area contributed by atoms with E-state index in [0.29, 0.717) is 5.41 Å². The summed E-state index contributed by atoms with van der Waals surface area (Å²) < 4.78 is 0. The molecule has 24 heavy (non-hydrogen) atoms. The van der Waals surface area contributed by atoms with Gasteiger partial charge in [0.2, 0.25) is 0 Å². The quantitative estimate of drug-likeness (QED) is 0.453. The molecule has 5 aliphatic rings. The molecule has 4 heteroatoms. The van der Waals surface area contributed by atoms with Crippen molar-refractivity contribution in [1.29, 1.82) is 0 Å². The number of hydrogen-bond donors (Lipinski definition) is 0. The molecule has 4 nitrogen and oxygen atoms in total. The maximum absolute atomic E-state index is 5.39. The van der Waals surface area contributed by atoms with Crippen LogP contribution in [0.5, 0.6) is 0 Å². The van der Waals surface area contributed by atoms with E-state index in [2.05, 4.69) is 41.0 Å². The summed E-state index contributed by atoms with van der Waals surface area (Å²) in [5.41, 5.74) is 1.55. The SMILES string of the molecule is C/C(=N\OC#CCN1CCN(C)CC1)C12CC3CC(CC(C3)C1)C2. The fraction of sp³-hybridized carbons (Fsp3) is 0.850. The summed E-state index contributed by atoms with van der Waals surface area (Å²) in [6, 6.07) is 0. The normalized spacial score (nSPS) is 39.6. The number of oxime groups is 1.